The number of aliphatic carboxylic acids is 1. The number of carboxylic acids is 1. The van der Waals surface area contributed by atoms with E-state index in [1.165, 1.54) is 11.3 Å². The number of nitrogens with one attached hydrogen (secondary N) is 2. The lowest BCUT2D eigenvalue weighted by Gasteiger charge is -2.42. The zero-order valence-electron chi connectivity index (χ0n) is 12.8. The van der Waals surface area contributed by atoms with Crippen LogP contribution in [0.4, 0.5) is 9.93 Å². The van der Waals surface area contributed by atoms with Gasteiger partial charge in [-0.05, 0) is 25.8 Å². The number of carboxylic acid groups (broad SMARTS) is 1. The van der Waals surface area contributed by atoms with E-state index in [0.717, 1.165) is 24.1 Å². The average Bonchev–Trinajstić information content (AvgIpc) is 2.87. The molecule has 1 aromatic rings. The van der Waals surface area contributed by atoms with E-state index in [9.17, 15) is 9.59 Å². The van der Waals surface area contributed by atoms with E-state index in [0.29, 0.717) is 11.7 Å². The number of thiazole rings is 1. The van der Waals surface area contributed by atoms with Gasteiger partial charge in [-0.3, -0.25) is 15.0 Å². The monoisotopic (exact) mass is 326 g/mol. The number of urea groups is 1. The van der Waals surface area contributed by atoms with Crippen molar-refractivity contribution in [2.24, 2.45) is 0 Å². The van der Waals surface area contributed by atoms with Gasteiger partial charge in [-0.25, -0.2) is 9.78 Å². The van der Waals surface area contributed by atoms with Gasteiger partial charge in [-0.1, -0.05) is 13.8 Å². The van der Waals surface area contributed by atoms with E-state index in [-0.39, 0.29) is 24.7 Å². The maximum absolute atomic E-state index is 11.9. The number of amides is 2. The van der Waals surface area contributed by atoms with Gasteiger partial charge in [0.15, 0.2) is 5.13 Å². The third-order valence-electron chi connectivity index (χ3n) is 3.83. The van der Waals surface area contributed by atoms with Crippen LogP contribution in [0.2, 0.25) is 0 Å². The van der Waals surface area contributed by atoms with Gasteiger partial charge in [0.25, 0.3) is 0 Å². The Hall–Kier alpha value is -1.67. The molecular weight excluding hydrogens is 304 g/mol. The Labute approximate surface area is 133 Å². The molecule has 0 radical (unpaired) electrons. The van der Waals surface area contributed by atoms with Crippen molar-refractivity contribution in [3.05, 3.63) is 11.1 Å². The van der Waals surface area contributed by atoms with E-state index in [1.54, 1.807) is 6.20 Å². The standard InChI is InChI=1S/C14H22N4O3S/c1-3-11-7-15-14(22-11)17-13(21)16-9-5-10(6-9)18(4-2)8-12(19)20/h7,9-10H,3-6,8H2,1-2H3,(H,19,20)(H2,15,16,17,21). The van der Waals surface area contributed by atoms with Crippen LogP contribution in [-0.2, 0) is 11.2 Å². The van der Waals surface area contributed by atoms with Crippen molar-refractivity contribution in [3.63, 3.8) is 0 Å². The number of anilines is 1. The van der Waals surface area contributed by atoms with Crippen LogP contribution in [0.1, 0.15) is 31.6 Å². The van der Waals surface area contributed by atoms with Crippen LogP contribution < -0.4 is 10.6 Å². The fourth-order valence-electron chi connectivity index (χ4n) is 2.52. The predicted octanol–water partition coefficient (Wildman–Crippen LogP) is 1.76. The number of rotatable bonds is 7. The number of carbonyl (C=O) groups excluding carboxylic acids is 1. The maximum atomic E-state index is 11.9. The van der Waals surface area contributed by atoms with E-state index >= 15 is 0 Å². The average molecular weight is 326 g/mol. The van der Waals surface area contributed by atoms with Gasteiger partial charge >= 0.3 is 12.0 Å². The Balaban J connectivity index is 1.72. The summed E-state index contributed by atoms with van der Waals surface area (Å²) in [6, 6.07) is 0.0816. The number of likely N-dealkylation sites (N-methyl/N-ethyl adjacent to an activating group) is 1. The highest BCUT2D eigenvalue weighted by molar-refractivity contribution is 7.15. The number of hydrogen-bond donors (Lipinski definition) is 3. The smallest absolute Gasteiger partial charge is 0.321 e. The van der Waals surface area contributed by atoms with E-state index in [2.05, 4.69) is 15.6 Å². The highest BCUT2D eigenvalue weighted by Gasteiger charge is 2.34. The van der Waals surface area contributed by atoms with E-state index in [1.807, 2.05) is 18.7 Å². The Morgan fingerprint density at radius 1 is 1.45 bits per heavy atom. The summed E-state index contributed by atoms with van der Waals surface area (Å²) in [6.07, 6.45) is 4.24. The van der Waals surface area contributed by atoms with Gasteiger partial charge in [-0.2, -0.15) is 0 Å². The van der Waals surface area contributed by atoms with Crippen molar-refractivity contribution in [2.45, 2.75) is 45.2 Å². The molecule has 2 rings (SSSR count). The molecule has 7 nitrogen and oxygen atoms in total. The quantitative estimate of drug-likeness (QED) is 0.710. The summed E-state index contributed by atoms with van der Waals surface area (Å²) in [6.45, 7) is 4.75. The fraction of sp³-hybridized carbons (Fsp3) is 0.643. The third kappa shape index (κ3) is 4.41. The Morgan fingerprint density at radius 2 is 2.18 bits per heavy atom. The molecule has 1 heterocycles. The molecule has 1 aliphatic rings. The van der Waals surface area contributed by atoms with Crippen molar-refractivity contribution >= 4 is 28.5 Å². The second-order valence-corrected chi connectivity index (χ2v) is 6.48. The van der Waals surface area contributed by atoms with Crippen molar-refractivity contribution in [2.75, 3.05) is 18.4 Å². The van der Waals surface area contributed by atoms with Crippen LogP contribution in [0.25, 0.3) is 0 Å². The minimum atomic E-state index is -0.813. The summed E-state index contributed by atoms with van der Waals surface area (Å²) in [7, 11) is 0. The van der Waals surface area contributed by atoms with Crippen LogP contribution in [0, 0.1) is 0 Å². The minimum absolute atomic E-state index is 0.0546. The molecule has 22 heavy (non-hydrogen) atoms. The molecule has 2 amide bonds. The van der Waals surface area contributed by atoms with Crippen LogP contribution in [-0.4, -0.2) is 52.2 Å². The van der Waals surface area contributed by atoms with Gasteiger partial charge in [0.05, 0.1) is 6.54 Å². The molecule has 122 valence electrons. The first-order valence-electron chi connectivity index (χ1n) is 7.49. The highest BCUT2D eigenvalue weighted by Crippen LogP contribution is 2.26. The highest BCUT2D eigenvalue weighted by atomic mass is 32.1. The number of carbonyl (C=O) groups is 2. The molecule has 1 aromatic heterocycles. The largest absolute Gasteiger partial charge is 0.480 e. The summed E-state index contributed by atoms with van der Waals surface area (Å²) in [5, 5.41) is 15.1. The topological polar surface area (TPSA) is 94.6 Å². The van der Waals surface area contributed by atoms with Gasteiger partial charge < -0.3 is 10.4 Å². The Kier molecular flexibility index (Phi) is 5.73. The zero-order valence-corrected chi connectivity index (χ0v) is 13.7. The van der Waals surface area contributed by atoms with E-state index < -0.39 is 5.97 Å². The molecule has 1 fully saturated rings. The molecule has 0 aromatic carbocycles. The second kappa shape index (κ2) is 7.55. The van der Waals surface area contributed by atoms with Crippen LogP contribution in [0.3, 0.4) is 0 Å². The van der Waals surface area contributed by atoms with Crippen molar-refractivity contribution in [3.8, 4) is 0 Å². The summed E-state index contributed by atoms with van der Waals surface area (Å²) < 4.78 is 0. The summed E-state index contributed by atoms with van der Waals surface area (Å²) in [5.41, 5.74) is 0. The summed E-state index contributed by atoms with van der Waals surface area (Å²) in [4.78, 5) is 29.8. The summed E-state index contributed by atoms with van der Waals surface area (Å²) >= 11 is 1.47. The normalized spacial score (nSPS) is 20.5. The lowest BCUT2D eigenvalue weighted by Crippen LogP contribution is -2.55. The van der Waals surface area contributed by atoms with E-state index in [4.69, 9.17) is 5.11 Å². The van der Waals surface area contributed by atoms with Gasteiger partial charge in [-0.15, -0.1) is 11.3 Å². The first-order valence-corrected chi connectivity index (χ1v) is 8.31. The van der Waals surface area contributed by atoms with Crippen LogP contribution in [0.15, 0.2) is 6.20 Å². The molecule has 0 aliphatic heterocycles. The molecule has 0 unspecified atom stereocenters. The molecule has 1 aliphatic carbocycles. The molecule has 8 heteroatoms. The third-order valence-corrected chi connectivity index (χ3v) is 4.89. The van der Waals surface area contributed by atoms with Crippen LogP contribution >= 0.6 is 11.3 Å². The lowest BCUT2D eigenvalue weighted by molar-refractivity contribution is -0.139. The first kappa shape index (κ1) is 16.7. The van der Waals surface area contributed by atoms with Crippen molar-refractivity contribution in [1.29, 1.82) is 0 Å². The number of hydrogen-bond acceptors (Lipinski definition) is 5. The molecule has 0 spiro atoms. The number of nitrogens with zero attached hydrogens (tertiary/aromatic N) is 2. The predicted molar refractivity (Wildman–Crippen MR) is 85.3 cm³/mol. The Bertz CT molecular complexity index is 528. The van der Waals surface area contributed by atoms with Gasteiger partial charge in [0.1, 0.15) is 0 Å². The SMILES string of the molecule is CCc1cnc(NC(=O)NC2CC(N(CC)CC(=O)O)C2)s1. The second-order valence-electron chi connectivity index (χ2n) is 5.36. The summed E-state index contributed by atoms with van der Waals surface area (Å²) in [5.74, 6) is -0.813. The lowest BCUT2D eigenvalue weighted by atomic mass is 9.85. The number of aryl methyl sites for hydroxylation is 1. The maximum Gasteiger partial charge on any atom is 0.321 e. The minimum Gasteiger partial charge on any atom is -0.480 e. The zero-order chi connectivity index (χ0) is 16.1. The Morgan fingerprint density at radius 3 is 2.73 bits per heavy atom. The molecular formula is C14H22N4O3S. The van der Waals surface area contributed by atoms with Gasteiger partial charge in [0, 0.05) is 23.2 Å². The molecule has 0 bridgehead atoms. The molecule has 1 saturated carbocycles. The van der Waals surface area contributed by atoms with Crippen molar-refractivity contribution < 1.29 is 14.7 Å². The number of aromatic nitrogens is 1. The first-order chi connectivity index (χ1) is 10.5. The molecule has 0 atom stereocenters. The van der Waals surface area contributed by atoms with Gasteiger partial charge in [0.2, 0.25) is 0 Å². The molecule has 3 N–H and O–H groups in total. The van der Waals surface area contributed by atoms with Crippen LogP contribution in [0.5, 0.6) is 0 Å². The van der Waals surface area contributed by atoms with Crippen molar-refractivity contribution in [1.82, 2.24) is 15.2 Å². The fourth-order valence-corrected chi connectivity index (χ4v) is 3.27. The molecule has 0 saturated heterocycles.